The number of nitrogens with zero attached hydrogens (tertiary/aromatic N) is 1. The minimum absolute atomic E-state index is 0.0564. The average molecular weight is 381 g/mol. The van der Waals surface area contributed by atoms with Gasteiger partial charge in [0, 0.05) is 17.4 Å². The number of aromatic hydroxyl groups is 1. The smallest absolute Gasteiger partial charge is 0.168 e. The predicted molar refractivity (Wildman–Crippen MR) is 122 cm³/mol. The number of nitrogens with one attached hydrogen (secondary N) is 2. The number of aryl methyl sites for hydroxylation is 2. The van der Waals surface area contributed by atoms with Gasteiger partial charge in [0.05, 0.1) is 5.69 Å². The second-order valence-electron chi connectivity index (χ2n) is 5.77. The molecular weight excluding hydrogens is 348 g/mol. The molecule has 3 aromatic rings. The highest BCUT2D eigenvalue weighted by atomic mass is 16.3. The molecular formula is C23H32N4O. The van der Waals surface area contributed by atoms with Gasteiger partial charge in [0.1, 0.15) is 0 Å². The van der Waals surface area contributed by atoms with Crippen LogP contribution in [0.25, 0.3) is 0 Å². The van der Waals surface area contributed by atoms with Crippen LogP contribution in [0, 0.1) is 13.8 Å². The molecule has 0 radical (unpaired) electrons. The maximum absolute atomic E-state index is 9.89. The summed E-state index contributed by atoms with van der Waals surface area (Å²) in [6.07, 6.45) is 0. The Morgan fingerprint density at radius 2 is 1.18 bits per heavy atom. The lowest BCUT2D eigenvalue weighted by molar-refractivity contribution is 0.476. The molecule has 0 bridgehead atoms. The Labute approximate surface area is 168 Å². The lowest BCUT2D eigenvalue weighted by atomic mass is 10.2. The maximum Gasteiger partial charge on any atom is 0.168 e. The zero-order valence-corrected chi connectivity index (χ0v) is 17.7. The fourth-order valence-electron chi connectivity index (χ4n) is 2.27. The summed E-state index contributed by atoms with van der Waals surface area (Å²) in [6, 6.07) is 17.5. The summed E-state index contributed by atoms with van der Waals surface area (Å²) in [5.41, 5.74) is 10.5. The summed E-state index contributed by atoms with van der Waals surface area (Å²) in [7, 11) is 0. The Balaban J connectivity index is 0.000000921. The van der Waals surface area contributed by atoms with E-state index in [1.165, 1.54) is 11.1 Å². The van der Waals surface area contributed by atoms with Crippen LogP contribution in [0.1, 0.15) is 38.8 Å². The van der Waals surface area contributed by atoms with Crippen molar-refractivity contribution in [1.82, 2.24) is 4.98 Å². The van der Waals surface area contributed by atoms with Gasteiger partial charge in [0.15, 0.2) is 17.4 Å². The van der Waals surface area contributed by atoms with Gasteiger partial charge in [-0.1, -0.05) is 63.1 Å². The summed E-state index contributed by atoms with van der Waals surface area (Å²) < 4.78 is 0. The Bertz CT molecular complexity index is 771. The fourth-order valence-corrected chi connectivity index (χ4v) is 2.27. The number of nitrogen functional groups attached to an aromatic ring is 1. The van der Waals surface area contributed by atoms with E-state index in [0.717, 1.165) is 11.4 Å². The molecule has 0 fully saturated rings. The van der Waals surface area contributed by atoms with E-state index >= 15 is 0 Å². The van der Waals surface area contributed by atoms with Crippen LogP contribution >= 0.6 is 0 Å². The van der Waals surface area contributed by atoms with Crippen molar-refractivity contribution in [1.29, 1.82) is 0 Å². The van der Waals surface area contributed by atoms with Crippen LogP contribution in [-0.4, -0.2) is 10.1 Å². The molecule has 150 valence electrons. The first kappa shape index (κ1) is 22.8. The Hall–Kier alpha value is -3.21. The first-order valence-corrected chi connectivity index (χ1v) is 9.68. The standard InChI is InChI=1S/C19H20N4O.2C2H6/c1-12-3-7-14(8-4-12)21-16-11-17(24)18(20)23-19(16)22-15-9-5-13(2)6-10-15;2*1-2/h3-11,21,24H,1-2H3,(H3,20,22,23);2*1-2H3. The highest BCUT2D eigenvalue weighted by molar-refractivity contribution is 5.78. The van der Waals surface area contributed by atoms with Crippen molar-refractivity contribution in [2.45, 2.75) is 41.5 Å². The monoisotopic (exact) mass is 380 g/mol. The van der Waals surface area contributed by atoms with E-state index in [0.29, 0.717) is 11.5 Å². The molecule has 0 atom stereocenters. The molecule has 0 amide bonds. The van der Waals surface area contributed by atoms with Gasteiger partial charge in [0.25, 0.3) is 0 Å². The van der Waals surface area contributed by atoms with Gasteiger partial charge in [-0.2, -0.15) is 0 Å². The molecule has 1 aromatic heterocycles. The molecule has 5 heteroatoms. The predicted octanol–water partition coefficient (Wildman–Crippen LogP) is 6.53. The second-order valence-corrected chi connectivity index (χ2v) is 5.77. The highest BCUT2D eigenvalue weighted by Crippen LogP contribution is 2.33. The summed E-state index contributed by atoms with van der Waals surface area (Å²) >= 11 is 0. The van der Waals surface area contributed by atoms with Gasteiger partial charge in [-0.25, -0.2) is 4.98 Å². The first-order valence-electron chi connectivity index (χ1n) is 9.68. The molecule has 0 aliphatic heterocycles. The summed E-state index contributed by atoms with van der Waals surface area (Å²) in [5, 5.41) is 16.4. The molecule has 5 N–H and O–H groups in total. The van der Waals surface area contributed by atoms with Gasteiger partial charge >= 0.3 is 0 Å². The van der Waals surface area contributed by atoms with E-state index in [4.69, 9.17) is 5.73 Å². The highest BCUT2D eigenvalue weighted by Gasteiger charge is 2.10. The SMILES string of the molecule is CC.CC.Cc1ccc(Nc2cc(O)c(N)nc2Nc2ccc(C)cc2)cc1. The molecule has 0 saturated carbocycles. The van der Waals surface area contributed by atoms with E-state index in [-0.39, 0.29) is 11.6 Å². The normalized spacial score (nSPS) is 9.36. The molecule has 0 unspecified atom stereocenters. The molecule has 1 heterocycles. The lowest BCUT2D eigenvalue weighted by Crippen LogP contribution is -2.03. The number of rotatable bonds is 4. The molecule has 5 nitrogen and oxygen atoms in total. The van der Waals surface area contributed by atoms with E-state index in [1.54, 1.807) is 6.07 Å². The quantitative estimate of drug-likeness (QED) is 0.414. The van der Waals surface area contributed by atoms with Crippen molar-refractivity contribution >= 4 is 28.7 Å². The van der Waals surface area contributed by atoms with E-state index in [2.05, 4.69) is 15.6 Å². The van der Waals surface area contributed by atoms with Gasteiger partial charge in [-0.05, 0) is 38.1 Å². The van der Waals surface area contributed by atoms with Crippen molar-refractivity contribution in [2.75, 3.05) is 16.4 Å². The van der Waals surface area contributed by atoms with Crippen molar-refractivity contribution in [2.24, 2.45) is 0 Å². The molecule has 0 spiro atoms. The van der Waals surface area contributed by atoms with E-state index in [1.807, 2.05) is 90.1 Å². The number of nitrogens with two attached hydrogens (primary N) is 1. The molecule has 2 aromatic carbocycles. The zero-order chi connectivity index (χ0) is 21.1. The Kier molecular flexibility index (Phi) is 9.37. The van der Waals surface area contributed by atoms with Crippen LogP contribution in [0.3, 0.4) is 0 Å². The lowest BCUT2D eigenvalue weighted by Gasteiger charge is -2.15. The summed E-state index contributed by atoms with van der Waals surface area (Å²) in [4.78, 5) is 4.26. The number of benzene rings is 2. The number of aromatic nitrogens is 1. The zero-order valence-electron chi connectivity index (χ0n) is 17.7. The van der Waals surface area contributed by atoms with Crippen LogP contribution in [0.2, 0.25) is 0 Å². The van der Waals surface area contributed by atoms with Gasteiger partial charge < -0.3 is 21.5 Å². The number of hydrogen-bond donors (Lipinski definition) is 4. The average Bonchev–Trinajstić information content (AvgIpc) is 2.72. The van der Waals surface area contributed by atoms with E-state index < -0.39 is 0 Å². The van der Waals surface area contributed by atoms with Crippen LogP contribution in [-0.2, 0) is 0 Å². The first-order chi connectivity index (χ1) is 13.5. The molecule has 0 aliphatic carbocycles. The second kappa shape index (κ2) is 11.5. The van der Waals surface area contributed by atoms with Crippen molar-refractivity contribution in [3.05, 3.63) is 65.7 Å². The van der Waals surface area contributed by atoms with Crippen LogP contribution < -0.4 is 16.4 Å². The third-order valence-corrected chi connectivity index (χ3v) is 3.68. The topological polar surface area (TPSA) is 83.2 Å². The van der Waals surface area contributed by atoms with Crippen LogP contribution in [0.4, 0.5) is 28.7 Å². The summed E-state index contributed by atoms with van der Waals surface area (Å²) in [5.74, 6) is 0.577. The van der Waals surface area contributed by atoms with Crippen molar-refractivity contribution in [3.8, 4) is 5.75 Å². The Morgan fingerprint density at radius 3 is 1.64 bits per heavy atom. The molecule has 0 aliphatic rings. The van der Waals surface area contributed by atoms with Crippen LogP contribution in [0.15, 0.2) is 54.6 Å². The minimum atomic E-state index is -0.0564. The number of hydrogen-bond acceptors (Lipinski definition) is 5. The minimum Gasteiger partial charge on any atom is -0.504 e. The van der Waals surface area contributed by atoms with Crippen molar-refractivity contribution in [3.63, 3.8) is 0 Å². The maximum atomic E-state index is 9.89. The Morgan fingerprint density at radius 1 is 0.750 bits per heavy atom. The third-order valence-electron chi connectivity index (χ3n) is 3.68. The van der Waals surface area contributed by atoms with Gasteiger partial charge in [0.2, 0.25) is 0 Å². The number of pyridine rings is 1. The summed E-state index contributed by atoms with van der Waals surface area (Å²) in [6.45, 7) is 12.1. The third kappa shape index (κ3) is 6.50. The molecule has 28 heavy (non-hydrogen) atoms. The van der Waals surface area contributed by atoms with E-state index in [9.17, 15) is 5.11 Å². The number of anilines is 5. The van der Waals surface area contributed by atoms with Crippen molar-refractivity contribution < 1.29 is 5.11 Å². The molecule has 3 rings (SSSR count). The molecule has 0 saturated heterocycles. The van der Waals surface area contributed by atoms with Gasteiger partial charge in [-0.3, -0.25) is 0 Å². The van der Waals surface area contributed by atoms with Gasteiger partial charge in [-0.15, -0.1) is 0 Å². The van der Waals surface area contributed by atoms with Crippen LogP contribution in [0.5, 0.6) is 5.75 Å². The largest absolute Gasteiger partial charge is 0.504 e. The fraction of sp³-hybridized carbons (Fsp3) is 0.261.